The zero-order valence-corrected chi connectivity index (χ0v) is 10.8. The van der Waals surface area contributed by atoms with E-state index in [0.29, 0.717) is 5.76 Å². The van der Waals surface area contributed by atoms with Gasteiger partial charge in [0.05, 0.1) is 24.5 Å². The molecule has 0 aliphatic rings. The van der Waals surface area contributed by atoms with Crippen molar-refractivity contribution in [2.75, 3.05) is 6.61 Å². The molecule has 0 aliphatic heterocycles. The van der Waals surface area contributed by atoms with Crippen LogP contribution in [0.25, 0.3) is 0 Å². The van der Waals surface area contributed by atoms with E-state index in [1.165, 1.54) is 12.3 Å². The minimum Gasteiger partial charge on any atom is -0.468 e. The van der Waals surface area contributed by atoms with Crippen LogP contribution in [0.4, 0.5) is 17.6 Å². The first-order valence-corrected chi connectivity index (χ1v) is 6.15. The molecule has 2 aromatic rings. The van der Waals surface area contributed by atoms with Gasteiger partial charge in [-0.1, -0.05) is 6.07 Å². The lowest BCUT2D eigenvalue weighted by atomic mass is 10.1. The third-order valence-electron chi connectivity index (χ3n) is 2.96. The third kappa shape index (κ3) is 3.83. The number of hydrogen-bond donors (Lipinski definition) is 2. The second kappa shape index (κ2) is 6.28. The Morgan fingerprint density at radius 2 is 2.00 bits per heavy atom. The molecule has 1 aromatic carbocycles. The predicted octanol–water partition coefficient (Wildman–Crippen LogP) is 3.26. The SMILES string of the molecule is OC[C@@H](NCc1ccc(F)c(C(F)(F)F)c1)c1ccco1. The largest absolute Gasteiger partial charge is 0.468 e. The molecule has 1 atom stereocenters. The first-order valence-electron chi connectivity index (χ1n) is 6.15. The average Bonchev–Trinajstić information content (AvgIpc) is 2.94. The number of nitrogens with one attached hydrogen (secondary N) is 1. The number of hydrogen-bond acceptors (Lipinski definition) is 3. The first-order chi connectivity index (χ1) is 9.91. The number of rotatable bonds is 5. The summed E-state index contributed by atoms with van der Waals surface area (Å²) in [5.74, 6) is -0.841. The highest BCUT2D eigenvalue weighted by Gasteiger charge is 2.34. The Hall–Kier alpha value is -1.86. The molecule has 0 aliphatic carbocycles. The molecule has 7 heteroatoms. The molecular weight excluding hydrogens is 290 g/mol. The normalized spacial score (nSPS) is 13.4. The Morgan fingerprint density at radius 1 is 1.24 bits per heavy atom. The van der Waals surface area contributed by atoms with Gasteiger partial charge in [0.15, 0.2) is 0 Å². The quantitative estimate of drug-likeness (QED) is 0.833. The van der Waals surface area contributed by atoms with E-state index >= 15 is 0 Å². The Bertz CT molecular complexity index is 581. The molecule has 0 amide bonds. The molecule has 1 heterocycles. The summed E-state index contributed by atoms with van der Waals surface area (Å²) in [6.45, 7) is -0.240. The molecule has 1 aromatic heterocycles. The zero-order chi connectivity index (χ0) is 15.5. The fraction of sp³-hybridized carbons (Fsp3) is 0.286. The summed E-state index contributed by atoms with van der Waals surface area (Å²) in [6.07, 6.45) is -3.31. The average molecular weight is 303 g/mol. The summed E-state index contributed by atoms with van der Waals surface area (Å²) in [4.78, 5) is 0. The van der Waals surface area contributed by atoms with Crippen LogP contribution in [0.15, 0.2) is 41.0 Å². The van der Waals surface area contributed by atoms with Crippen molar-refractivity contribution in [2.24, 2.45) is 0 Å². The summed E-state index contributed by atoms with van der Waals surface area (Å²) in [7, 11) is 0. The molecule has 0 saturated carbocycles. The molecule has 114 valence electrons. The molecule has 0 fully saturated rings. The van der Waals surface area contributed by atoms with Crippen LogP contribution in [0.5, 0.6) is 0 Å². The van der Waals surface area contributed by atoms with Gasteiger partial charge in [-0.15, -0.1) is 0 Å². The van der Waals surface area contributed by atoms with Crippen molar-refractivity contribution in [3.8, 4) is 0 Å². The molecule has 3 nitrogen and oxygen atoms in total. The fourth-order valence-corrected chi connectivity index (χ4v) is 1.89. The molecule has 0 unspecified atom stereocenters. The van der Waals surface area contributed by atoms with Crippen LogP contribution >= 0.6 is 0 Å². The van der Waals surface area contributed by atoms with Gasteiger partial charge >= 0.3 is 6.18 Å². The van der Waals surface area contributed by atoms with Crippen LogP contribution in [0.1, 0.15) is 22.9 Å². The number of furan rings is 1. The highest BCUT2D eigenvalue weighted by molar-refractivity contribution is 5.27. The summed E-state index contributed by atoms with van der Waals surface area (Å²) in [5, 5.41) is 12.1. The molecule has 0 spiro atoms. The van der Waals surface area contributed by atoms with Crippen LogP contribution < -0.4 is 5.32 Å². The standard InChI is InChI=1S/C14H13F4NO2/c15-11-4-3-9(6-10(11)14(16,17)18)7-19-12(8-20)13-2-1-5-21-13/h1-6,12,19-20H,7-8H2/t12-/m1/s1. The van der Waals surface area contributed by atoms with Gasteiger partial charge in [-0.05, 0) is 29.8 Å². The van der Waals surface area contributed by atoms with Crippen molar-refractivity contribution in [2.45, 2.75) is 18.8 Å². The maximum absolute atomic E-state index is 13.2. The second-order valence-electron chi connectivity index (χ2n) is 4.44. The summed E-state index contributed by atoms with van der Waals surface area (Å²) < 4.78 is 56.1. The Kier molecular flexibility index (Phi) is 4.64. The molecule has 0 saturated heterocycles. The van der Waals surface area contributed by atoms with Gasteiger partial charge in [-0.25, -0.2) is 4.39 Å². The zero-order valence-electron chi connectivity index (χ0n) is 10.8. The molecule has 2 rings (SSSR count). The van der Waals surface area contributed by atoms with E-state index in [-0.39, 0.29) is 18.7 Å². The molecule has 21 heavy (non-hydrogen) atoms. The first kappa shape index (κ1) is 15.5. The highest BCUT2D eigenvalue weighted by Crippen LogP contribution is 2.32. The third-order valence-corrected chi connectivity index (χ3v) is 2.96. The van der Waals surface area contributed by atoms with Gasteiger partial charge in [0, 0.05) is 6.54 Å². The lowest BCUT2D eigenvalue weighted by Gasteiger charge is -2.15. The minimum absolute atomic E-state index is 0.0370. The summed E-state index contributed by atoms with van der Waals surface area (Å²) in [5.41, 5.74) is -1.05. The number of aliphatic hydroxyl groups is 1. The highest BCUT2D eigenvalue weighted by atomic mass is 19.4. The van der Waals surface area contributed by atoms with Gasteiger partial charge in [0.25, 0.3) is 0 Å². The van der Waals surface area contributed by atoms with Crippen molar-refractivity contribution in [3.63, 3.8) is 0 Å². The maximum Gasteiger partial charge on any atom is 0.419 e. The molecular formula is C14H13F4NO2. The number of alkyl halides is 3. The minimum atomic E-state index is -4.74. The predicted molar refractivity (Wildman–Crippen MR) is 66.8 cm³/mol. The number of aliphatic hydroxyl groups excluding tert-OH is 1. The Balaban J connectivity index is 2.10. The topological polar surface area (TPSA) is 45.4 Å². The van der Waals surface area contributed by atoms with E-state index in [2.05, 4.69) is 5.32 Å². The van der Waals surface area contributed by atoms with Crippen molar-refractivity contribution >= 4 is 0 Å². The van der Waals surface area contributed by atoms with E-state index in [1.807, 2.05) is 0 Å². The fourth-order valence-electron chi connectivity index (χ4n) is 1.89. The van der Waals surface area contributed by atoms with Gasteiger partial charge < -0.3 is 14.8 Å². The molecule has 0 radical (unpaired) electrons. The van der Waals surface area contributed by atoms with Crippen LogP contribution in [0.3, 0.4) is 0 Å². The summed E-state index contributed by atoms with van der Waals surface area (Å²) >= 11 is 0. The van der Waals surface area contributed by atoms with Gasteiger partial charge in [0.2, 0.25) is 0 Å². The van der Waals surface area contributed by atoms with Crippen molar-refractivity contribution in [1.29, 1.82) is 0 Å². The monoisotopic (exact) mass is 303 g/mol. The van der Waals surface area contributed by atoms with Gasteiger partial charge in [-0.3, -0.25) is 0 Å². The summed E-state index contributed by atoms with van der Waals surface area (Å²) in [6, 6.07) is 5.52. The maximum atomic E-state index is 13.2. The smallest absolute Gasteiger partial charge is 0.419 e. The van der Waals surface area contributed by atoms with Crippen molar-refractivity contribution in [1.82, 2.24) is 5.32 Å². The van der Waals surface area contributed by atoms with Crippen molar-refractivity contribution in [3.05, 3.63) is 59.3 Å². The Labute approximate surface area is 118 Å². The van der Waals surface area contributed by atoms with E-state index in [0.717, 1.165) is 12.1 Å². The number of halogens is 4. The second-order valence-corrected chi connectivity index (χ2v) is 4.44. The van der Waals surface area contributed by atoms with Crippen molar-refractivity contribution < 1.29 is 27.1 Å². The van der Waals surface area contributed by atoms with Gasteiger partial charge in [-0.2, -0.15) is 13.2 Å². The molecule has 0 bridgehead atoms. The van der Waals surface area contributed by atoms with Crippen LogP contribution in [0.2, 0.25) is 0 Å². The van der Waals surface area contributed by atoms with Crippen LogP contribution in [-0.4, -0.2) is 11.7 Å². The van der Waals surface area contributed by atoms with Crippen LogP contribution in [0, 0.1) is 5.82 Å². The lowest BCUT2D eigenvalue weighted by Crippen LogP contribution is -2.23. The van der Waals surface area contributed by atoms with Gasteiger partial charge in [0.1, 0.15) is 11.6 Å². The lowest BCUT2D eigenvalue weighted by molar-refractivity contribution is -0.140. The van der Waals surface area contributed by atoms with Crippen LogP contribution in [-0.2, 0) is 12.7 Å². The van der Waals surface area contributed by atoms with E-state index in [9.17, 15) is 22.7 Å². The van der Waals surface area contributed by atoms with E-state index in [1.54, 1.807) is 12.1 Å². The van der Waals surface area contributed by atoms with E-state index in [4.69, 9.17) is 4.42 Å². The number of benzene rings is 1. The Morgan fingerprint density at radius 3 is 2.57 bits per heavy atom. The van der Waals surface area contributed by atoms with E-state index < -0.39 is 23.6 Å². The molecule has 2 N–H and O–H groups in total.